The van der Waals surface area contributed by atoms with Gasteiger partial charge in [-0.15, -0.1) is 5.10 Å². The first-order valence-corrected chi connectivity index (χ1v) is 13.3. The van der Waals surface area contributed by atoms with E-state index in [2.05, 4.69) is 10.1 Å². The van der Waals surface area contributed by atoms with Crippen LogP contribution in [0, 0.1) is 0 Å². The van der Waals surface area contributed by atoms with Crippen molar-refractivity contribution in [3.63, 3.8) is 0 Å². The number of hydrogen-bond acceptors (Lipinski definition) is 6. The molecule has 0 N–H and O–H groups in total. The first-order chi connectivity index (χ1) is 18.2. The molecule has 1 aliphatic rings. The number of nitrogens with zero attached hydrogens (tertiary/aromatic N) is 5. The van der Waals surface area contributed by atoms with E-state index < -0.39 is 35.5 Å². The molecule has 1 saturated heterocycles. The third-order valence-electron chi connectivity index (χ3n) is 6.12. The zero-order valence-electron chi connectivity index (χ0n) is 23.1. The van der Waals surface area contributed by atoms with Crippen LogP contribution in [0.1, 0.15) is 65.1 Å². The number of alkyl halides is 1. The molecule has 9 nitrogen and oxygen atoms in total. The van der Waals surface area contributed by atoms with E-state index >= 15 is 4.39 Å². The standard InChI is InChI=1S/C28H35ClFN5O4/c1-27(2,3)38-25(36)33-15-14-19(20(30)17-33)21-12-13-22-23(31-24(29)32-35(21)22)34(26(37)39-28(4,5)6)16-18-10-8-7-9-11-18/h7-13,19-20H,14-17H2,1-6H3. The summed E-state index contributed by atoms with van der Waals surface area (Å²) in [6.07, 6.45) is -2.12. The molecule has 210 valence electrons. The molecule has 1 aromatic carbocycles. The van der Waals surface area contributed by atoms with Gasteiger partial charge in [-0.05, 0) is 77.3 Å². The quantitative estimate of drug-likeness (QED) is 0.368. The molecule has 1 aliphatic heterocycles. The van der Waals surface area contributed by atoms with Gasteiger partial charge in [-0.3, -0.25) is 4.90 Å². The normalized spacial score (nSPS) is 18.2. The van der Waals surface area contributed by atoms with Crippen molar-refractivity contribution in [2.24, 2.45) is 0 Å². The second kappa shape index (κ2) is 11.0. The highest BCUT2D eigenvalue weighted by molar-refractivity contribution is 6.28. The van der Waals surface area contributed by atoms with Gasteiger partial charge in [-0.2, -0.15) is 4.98 Å². The predicted molar refractivity (Wildman–Crippen MR) is 147 cm³/mol. The Kier molecular flexibility index (Phi) is 8.07. The van der Waals surface area contributed by atoms with Crippen LogP contribution in [0.15, 0.2) is 42.5 Å². The van der Waals surface area contributed by atoms with Gasteiger partial charge in [0.1, 0.15) is 22.9 Å². The number of fused-ring (bicyclic) bond motifs is 1. The number of likely N-dealkylation sites (tertiary alicyclic amines) is 1. The van der Waals surface area contributed by atoms with E-state index in [1.165, 1.54) is 14.3 Å². The second-order valence-electron chi connectivity index (χ2n) is 11.6. The summed E-state index contributed by atoms with van der Waals surface area (Å²) < 4.78 is 28.2. The Hall–Kier alpha value is -3.40. The van der Waals surface area contributed by atoms with Gasteiger partial charge in [0.2, 0.25) is 5.28 Å². The number of anilines is 1. The Morgan fingerprint density at radius 2 is 1.72 bits per heavy atom. The van der Waals surface area contributed by atoms with E-state index in [1.54, 1.807) is 53.7 Å². The summed E-state index contributed by atoms with van der Waals surface area (Å²) in [4.78, 5) is 33.0. The zero-order valence-corrected chi connectivity index (χ0v) is 23.9. The van der Waals surface area contributed by atoms with Crippen LogP contribution in [0.2, 0.25) is 5.28 Å². The molecule has 2 amide bonds. The molecular weight excluding hydrogens is 525 g/mol. The molecule has 0 aliphatic carbocycles. The fourth-order valence-corrected chi connectivity index (χ4v) is 4.65. The van der Waals surface area contributed by atoms with Crippen molar-refractivity contribution in [3.05, 3.63) is 59.0 Å². The molecule has 1 fully saturated rings. The number of carbonyl (C=O) groups excluding carboxylic acids is 2. The van der Waals surface area contributed by atoms with Gasteiger partial charge >= 0.3 is 12.2 Å². The minimum Gasteiger partial charge on any atom is -0.444 e. The predicted octanol–water partition coefficient (Wildman–Crippen LogP) is 6.39. The highest BCUT2D eigenvalue weighted by atomic mass is 35.5. The molecule has 2 atom stereocenters. The number of ether oxygens (including phenoxy) is 2. The minimum absolute atomic E-state index is 0.0989. The van der Waals surface area contributed by atoms with Crippen LogP contribution in [0.5, 0.6) is 0 Å². The van der Waals surface area contributed by atoms with E-state index in [0.717, 1.165) is 5.56 Å². The van der Waals surface area contributed by atoms with Crippen LogP contribution in [0.3, 0.4) is 0 Å². The van der Waals surface area contributed by atoms with E-state index in [4.69, 9.17) is 21.1 Å². The van der Waals surface area contributed by atoms with E-state index in [-0.39, 0.29) is 24.2 Å². The van der Waals surface area contributed by atoms with Crippen molar-refractivity contribution in [1.29, 1.82) is 0 Å². The lowest BCUT2D eigenvalue weighted by atomic mass is 9.92. The fraction of sp³-hybridized carbons (Fsp3) is 0.500. The Labute approximate surface area is 232 Å². The summed E-state index contributed by atoms with van der Waals surface area (Å²) in [6.45, 7) is 11.1. The minimum atomic E-state index is -1.35. The third-order valence-corrected chi connectivity index (χ3v) is 6.28. The SMILES string of the molecule is CC(C)(C)OC(=O)N1CCC(c2ccc3c(N(Cc4ccccc4)C(=O)OC(C)(C)C)nc(Cl)nn23)C(F)C1. The molecule has 4 rings (SSSR count). The summed E-state index contributed by atoms with van der Waals surface area (Å²) in [5.41, 5.74) is 0.520. The number of benzene rings is 1. The topological polar surface area (TPSA) is 89.3 Å². The van der Waals surface area contributed by atoms with Gasteiger partial charge in [0.05, 0.1) is 13.1 Å². The monoisotopic (exact) mass is 559 g/mol. The summed E-state index contributed by atoms with van der Waals surface area (Å²) >= 11 is 6.35. The van der Waals surface area contributed by atoms with Crippen molar-refractivity contribution in [3.8, 4) is 0 Å². The third kappa shape index (κ3) is 6.98. The highest BCUT2D eigenvalue weighted by Crippen LogP contribution is 2.34. The average Bonchev–Trinajstić information content (AvgIpc) is 3.24. The zero-order chi connectivity index (χ0) is 28.5. The number of aromatic nitrogens is 3. The van der Waals surface area contributed by atoms with Crippen LogP contribution in [-0.2, 0) is 16.0 Å². The number of hydrogen-bond donors (Lipinski definition) is 0. The van der Waals surface area contributed by atoms with Crippen LogP contribution in [0.25, 0.3) is 5.52 Å². The first kappa shape index (κ1) is 28.6. The molecule has 2 unspecified atom stereocenters. The van der Waals surface area contributed by atoms with Crippen LogP contribution < -0.4 is 4.90 Å². The van der Waals surface area contributed by atoms with Crippen LogP contribution in [0.4, 0.5) is 19.8 Å². The highest BCUT2D eigenvalue weighted by Gasteiger charge is 2.37. The maximum Gasteiger partial charge on any atom is 0.416 e. The summed E-state index contributed by atoms with van der Waals surface area (Å²) in [5, 5.41) is 4.25. The van der Waals surface area contributed by atoms with Gasteiger partial charge in [0.15, 0.2) is 5.82 Å². The van der Waals surface area contributed by atoms with Crippen molar-refractivity contribution in [1.82, 2.24) is 19.5 Å². The smallest absolute Gasteiger partial charge is 0.416 e. The number of halogens is 2. The summed E-state index contributed by atoms with van der Waals surface area (Å²) in [7, 11) is 0. The van der Waals surface area contributed by atoms with Gasteiger partial charge in [-0.25, -0.2) is 18.5 Å². The maximum atomic E-state index is 15.5. The molecule has 0 radical (unpaired) electrons. The molecule has 3 aromatic rings. The van der Waals surface area contributed by atoms with Crippen LogP contribution >= 0.6 is 11.6 Å². The van der Waals surface area contributed by atoms with Gasteiger partial charge in [0, 0.05) is 18.2 Å². The summed E-state index contributed by atoms with van der Waals surface area (Å²) in [6, 6.07) is 13.0. The molecule has 0 bridgehead atoms. The van der Waals surface area contributed by atoms with E-state index in [1.807, 2.05) is 30.3 Å². The molecule has 3 heterocycles. The molecule has 2 aromatic heterocycles. The lowest BCUT2D eigenvalue weighted by Crippen LogP contribution is -2.46. The van der Waals surface area contributed by atoms with Crippen molar-refractivity contribution in [2.45, 2.75) is 77.8 Å². The number of amides is 2. The van der Waals surface area contributed by atoms with Crippen LogP contribution in [-0.4, -0.2) is 62.1 Å². The van der Waals surface area contributed by atoms with Crippen molar-refractivity contribution < 1.29 is 23.5 Å². The molecular formula is C28H35ClFN5O4. The summed E-state index contributed by atoms with van der Waals surface area (Å²) in [5.74, 6) is -0.296. The Morgan fingerprint density at radius 1 is 1.05 bits per heavy atom. The average molecular weight is 560 g/mol. The second-order valence-corrected chi connectivity index (χ2v) is 12.0. The van der Waals surface area contributed by atoms with Gasteiger partial charge in [0.25, 0.3) is 0 Å². The molecule has 0 saturated carbocycles. The Bertz CT molecular complexity index is 1340. The molecule has 11 heteroatoms. The Morgan fingerprint density at radius 3 is 2.33 bits per heavy atom. The lowest BCUT2D eigenvalue weighted by molar-refractivity contribution is 0.0108. The number of carbonyl (C=O) groups is 2. The fourth-order valence-electron chi connectivity index (χ4n) is 4.49. The molecule has 39 heavy (non-hydrogen) atoms. The maximum absolute atomic E-state index is 15.5. The largest absolute Gasteiger partial charge is 0.444 e. The number of rotatable bonds is 4. The lowest BCUT2D eigenvalue weighted by Gasteiger charge is -2.35. The first-order valence-electron chi connectivity index (χ1n) is 12.9. The van der Waals surface area contributed by atoms with E-state index in [0.29, 0.717) is 24.2 Å². The van der Waals surface area contributed by atoms with Crippen molar-refractivity contribution in [2.75, 3.05) is 18.0 Å². The number of piperidine rings is 1. The van der Waals surface area contributed by atoms with Crippen molar-refractivity contribution >= 4 is 35.1 Å². The van der Waals surface area contributed by atoms with E-state index in [9.17, 15) is 9.59 Å². The van der Waals surface area contributed by atoms with Gasteiger partial charge in [-0.1, -0.05) is 30.3 Å². The van der Waals surface area contributed by atoms with Gasteiger partial charge < -0.3 is 14.4 Å². The molecule has 0 spiro atoms. The Balaban J connectivity index is 1.67.